The number of guanidine groups is 1. The van der Waals surface area contributed by atoms with Crippen LogP contribution in [0, 0.1) is 0 Å². The van der Waals surface area contributed by atoms with E-state index in [9.17, 15) is 0 Å². The van der Waals surface area contributed by atoms with E-state index in [-0.39, 0.29) is 24.0 Å². The monoisotopic (exact) mass is 506 g/mol. The number of nitrogens with zero attached hydrogens (tertiary/aromatic N) is 4. The first-order chi connectivity index (χ1) is 13.8. The topological polar surface area (TPSA) is 76.4 Å². The summed E-state index contributed by atoms with van der Waals surface area (Å²) in [5.74, 6) is 3.40. The van der Waals surface area contributed by atoms with Gasteiger partial charge in [-0.1, -0.05) is 37.3 Å². The maximum atomic E-state index is 5.82. The van der Waals surface area contributed by atoms with Crippen LogP contribution in [-0.4, -0.2) is 34.3 Å². The SMILES string of the molecule is CCc1nncn1CCNC(=NC)NCc1ccc(Oc2ccccc2)cc1.I. The van der Waals surface area contributed by atoms with Crippen molar-refractivity contribution in [1.29, 1.82) is 0 Å². The van der Waals surface area contributed by atoms with Gasteiger partial charge in [-0.3, -0.25) is 4.99 Å². The fourth-order valence-electron chi connectivity index (χ4n) is 2.74. The van der Waals surface area contributed by atoms with Gasteiger partial charge in [-0.2, -0.15) is 0 Å². The standard InChI is InChI=1S/C21H26N6O.HI/c1-3-20-26-25-16-27(20)14-13-23-21(22-2)24-15-17-9-11-19(12-10-17)28-18-7-5-4-6-8-18;/h4-12,16H,3,13-15H2,1-2H3,(H2,22,23,24);1H. The number of nitrogens with one attached hydrogen (secondary N) is 2. The first-order valence-electron chi connectivity index (χ1n) is 9.41. The van der Waals surface area contributed by atoms with Gasteiger partial charge in [0.25, 0.3) is 0 Å². The highest BCUT2D eigenvalue weighted by Gasteiger charge is 2.03. The van der Waals surface area contributed by atoms with Gasteiger partial charge in [-0.15, -0.1) is 34.2 Å². The lowest BCUT2D eigenvalue weighted by Gasteiger charge is -2.13. The summed E-state index contributed by atoms with van der Waals surface area (Å²) in [5.41, 5.74) is 1.15. The van der Waals surface area contributed by atoms with Crippen LogP contribution in [0.25, 0.3) is 0 Å². The highest BCUT2D eigenvalue weighted by molar-refractivity contribution is 14.0. The van der Waals surface area contributed by atoms with E-state index in [0.717, 1.165) is 48.4 Å². The van der Waals surface area contributed by atoms with E-state index in [1.54, 1.807) is 13.4 Å². The van der Waals surface area contributed by atoms with Crippen molar-refractivity contribution in [2.45, 2.75) is 26.4 Å². The van der Waals surface area contributed by atoms with Gasteiger partial charge in [0.2, 0.25) is 0 Å². The minimum atomic E-state index is 0. The van der Waals surface area contributed by atoms with Crippen molar-refractivity contribution in [1.82, 2.24) is 25.4 Å². The molecule has 2 aromatic carbocycles. The summed E-state index contributed by atoms with van der Waals surface area (Å²) in [5, 5.41) is 14.7. The molecule has 0 radical (unpaired) electrons. The van der Waals surface area contributed by atoms with Crippen LogP contribution in [0.4, 0.5) is 0 Å². The Morgan fingerprint density at radius 1 is 1.03 bits per heavy atom. The molecule has 0 unspecified atom stereocenters. The Kier molecular flexibility index (Phi) is 9.42. The maximum Gasteiger partial charge on any atom is 0.191 e. The third kappa shape index (κ3) is 7.04. The van der Waals surface area contributed by atoms with Crippen LogP contribution in [-0.2, 0) is 19.5 Å². The number of rotatable bonds is 8. The Hall–Kier alpha value is -2.62. The molecule has 0 aliphatic rings. The molecule has 3 rings (SSSR count). The van der Waals surface area contributed by atoms with Crippen molar-refractivity contribution in [3.63, 3.8) is 0 Å². The van der Waals surface area contributed by atoms with Crippen LogP contribution >= 0.6 is 24.0 Å². The maximum absolute atomic E-state index is 5.82. The third-order valence-corrected chi connectivity index (χ3v) is 4.24. The summed E-state index contributed by atoms with van der Waals surface area (Å²) in [7, 11) is 1.77. The van der Waals surface area contributed by atoms with Crippen molar-refractivity contribution in [2.24, 2.45) is 4.99 Å². The summed E-state index contributed by atoms with van der Waals surface area (Å²) >= 11 is 0. The molecule has 1 heterocycles. The second-order valence-corrected chi connectivity index (χ2v) is 6.21. The van der Waals surface area contributed by atoms with E-state index in [1.807, 2.05) is 59.2 Å². The van der Waals surface area contributed by atoms with Gasteiger partial charge in [0.15, 0.2) is 5.96 Å². The number of benzene rings is 2. The lowest BCUT2D eigenvalue weighted by Crippen LogP contribution is -2.38. The van der Waals surface area contributed by atoms with Crippen molar-refractivity contribution >= 4 is 29.9 Å². The molecular formula is C21H27IN6O. The van der Waals surface area contributed by atoms with Crippen LogP contribution < -0.4 is 15.4 Å². The molecule has 1 aromatic heterocycles. The van der Waals surface area contributed by atoms with E-state index in [1.165, 1.54) is 0 Å². The van der Waals surface area contributed by atoms with Gasteiger partial charge in [-0.05, 0) is 29.8 Å². The van der Waals surface area contributed by atoms with Gasteiger partial charge in [0, 0.05) is 33.1 Å². The summed E-state index contributed by atoms with van der Waals surface area (Å²) in [6.07, 6.45) is 2.63. The zero-order valence-corrected chi connectivity index (χ0v) is 19.0. The largest absolute Gasteiger partial charge is 0.457 e. The Bertz CT molecular complexity index is 880. The van der Waals surface area contributed by atoms with Crippen LogP contribution in [0.2, 0.25) is 0 Å². The normalized spacial score (nSPS) is 10.9. The average molecular weight is 506 g/mol. The number of hydrogen-bond donors (Lipinski definition) is 2. The van der Waals surface area contributed by atoms with Crippen molar-refractivity contribution in [2.75, 3.05) is 13.6 Å². The lowest BCUT2D eigenvalue weighted by molar-refractivity contribution is 0.482. The number of para-hydroxylation sites is 1. The Labute approximate surface area is 188 Å². The summed E-state index contributed by atoms with van der Waals surface area (Å²) in [4.78, 5) is 4.27. The molecule has 0 saturated carbocycles. The third-order valence-electron chi connectivity index (χ3n) is 4.24. The summed E-state index contributed by atoms with van der Waals surface area (Å²) in [6, 6.07) is 17.8. The van der Waals surface area contributed by atoms with Crippen LogP contribution in [0.5, 0.6) is 11.5 Å². The summed E-state index contributed by atoms with van der Waals surface area (Å²) < 4.78 is 7.87. The van der Waals surface area contributed by atoms with Gasteiger partial charge in [-0.25, -0.2) is 0 Å². The molecule has 0 atom stereocenters. The molecule has 0 aliphatic carbocycles. The molecule has 29 heavy (non-hydrogen) atoms. The highest BCUT2D eigenvalue weighted by Crippen LogP contribution is 2.20. The van der Waals surface area contributed by atoms with Gasteiger partial charge in [0.05, 0.1) is 0 Å². The molecule has 0 aliphatic heterocycles. The molecule has 0 fully saturated rings. The number of aromatic nitrogens is 3. The van der Waals surface area contributed by atoms with Gasteiger partial charge < -0.3 is 19.9 Å². The van der Waals surface area contributed by atoms with Crippen LogP contribution in [0.3, 0.4) is 0 Å². The lowest BCUT2D eigenvalue weighted by atomic mass is 10.2. The van der Waals surface area contributed by atoms with E-state index >= 15 is 0 Å². The Balaban J connectivity index is 0.00000300. The molecule has 154 valence electrons. The second kappa shape index (κ2) is 12.1. The zero-order valence-electron chi connectivity index (χ0n) is 16.7. The quantitative estimate of drug-likeness (QED) is 0.278. The van der Waals surface area contributed by atoms with E-state index in [0.29, 0.717) is 6.54 Å². The smallest absolute Gasteiger partial charge is 0.191 e. The molecule has 8 heteroatoms. The van der Waals surface area contributed by atoms with Crippen LogP contribution in [0.1, 0.15) is 18.3 Å². The molecule has 0 bridgehead atoms. The first kappa shape index (κ1) is 22.7. The number of ether oxygens (including phenoxy) is 1. The Morgan fingerprint density at radius 2 is 1.76 bits per heavy atom. The fraction of sp³-hybridized carbons (Fsp3) is 0.286. The van der Waals surface area contributed by atoms with Gasteiger partial charge >= 0.3 is 0 Å². The van der Waals surface area contributed by atoms with Crippen molar-refractivity contribution in [3.05, 3.63) is 72.3 Å². The highest BCUT2D eigenvalue weighted by atomic mass is 127. The molecular weight excluding hydrogens is 479 g/mol. The predicted octanol–water partition coefficient (Wildman–Crippen LogP) is 3.62. The molecule has 2 N–H and O–H groups in total. The average Bonchev–Trinajstić information content (AvgIpc) is 3.20. The molecule has 3 aromatic rings. The molecule has 7 nitrogen and oxygen atoms in total. The number of halogens is 1. The number of aryl methyl sites for hydroxylation is 1. The summed E-state index contributed by atoms with van der Waals surface area (Å²) in [6.45, 7) is 4.29. The zero-order chi connectivity index (χ0) is 19.6. The predicted molar refractivity (Wildman–Crippen MR) is 126 cm³/mol. The second-order valence-electron chi connectivity index (χ2n) is 6.21. The first-order valence-corrected chi connectivity index (χ1v) is 9.41. The van der Waals surface area contributed by atoms with Crippen LogP contribution in [0.15, 0.2) is 65.9 Å². The van der Waals surface area contributed by atoms with E-state index in [4.69, 9.17) is 4.74 Å². The molecule has 0 spiro atoms. The van der Waals surface area contributed by atoms with Crippen molar-refractivity contribution in [3.8, 4) is 11.5 Å². The van der Waals surface area contributed by atoms with Crippen molar-refractivity contribution < 1.29 is 4.74 Å². The van der Waals surface area contributed by atoms with E-state index < -0.39 is 0 Å². The van der Waals surface area contributed by atoms with Gasteiger partial charge in [0.1, 0.15) is 23.7 Å². The molecule has 0 saturated heterocycles. The minimum Gasteiger partial charge on any atom is -0.457 e. The molecule has 0 amide bonds. The number of hydrogen-bond acceptors (Lipinski definition) is 4. The fourth-order valence-corrected chi connectivity index (χ4v) is 2.74. The van der Waals surface area contributed by atoms with E-state index in [2.05, 4.69) is 32.7 Å². The minimum absolute atomic E-state index is 0. The Morgan fingerprint density at radius 3 is 2.45 bits per heavy atom. The number of aliphatic imine (C=N–C) groups is 1.